The second-order valence-electron chi connectivity index (χ2n) is 4.04. The Morgan fingerprint density at radius 2 is 2.60 bits per heavy atom. The van der Waals surface area contributed by atoms with Crippen molar-refractivity contribution < 1.29 is 9.53 Å². The molecular weight excluding hydrogens is 192 g/mol. The standard InChI is InChI=1S/C11H18N2O2/c14-11(10-2-1-7-15-10)13-8-9-3-5-12-6-4-9/h3,10,12H,1-2,4-8H2,(H,13,14)/t10-/m1/s1. The van der Waals surface area contributed by atoms with Crippen molar-refractivity contribution in [2.45, 2.75) is 25.4 Å². The molecule has 1 amide bonds. The van der Waals surface area contributed by atoms with Gasteiger partial charge in [-0.2, -0.15) is 0 Å². The van der Waals surface area contributed by atoms with E-state index in [1.807, 2.05) is 0 Å². The van der Waals surface area contributed by atoms with Gasteiger partial charge in [-0.05, 0) is 25.8 Å². The lowest BCUT2D eigenvalue weighted by atomic mass is 10.1. The number of carbonyl (C=O) groups is 1. The van der Waals surface area contributed by atoms with E-state index in [1.54, 1.807) is 0 Å². The van der Waals surface area contributed by atoms with E-state index in [0.717, 1.165) is 39.0 Å². The summed E-state index contributed by atoms with van der Waals surface area (Å²) in [5.41, 5.74) is 1.32. The van der Waals surface area contributed by atoms with Crippen LogP contribution in [-0.2, 0) is 9.53 Å². The average Bonchev–Trinajstić information content (AvgIpc) is 2.81. The summed E-state index contributed by atoms with van der Waals surface area (Å²) in [4.78, 5) is 11.6. The van der Waals surface area contributed by atoms with Gasteiger partial charge in [0.1, 0.15) is 6.10 Å². The van der Waals surface area contributed by atoms with Crippen molar-refractivity contribution in [3.63, 3.8) is 0 Å². The Labute approximate surface area is 90.1 Å². The maximum Gasteiger partial charge on any atom is 0.249 e. The van der Waals surface area contributed by atoms with Crippen LogP contribution in [-0.4, -0.2) is 38.3 Å². The molecule has 1 atom stereocenters. The molecule has 4 heteroatoms. The first kappa shape index (κ1) is 10.6. The Morgan fingerprint density at radius 1 is 1.67 bits per heavy atom. The zero-order valence-electron chi connectivity index (χ0n) is 8.92. The van der Waals surface area contributed by atoms with Gasteiger partial charge < -0.3 is 15.4 Å². The average molecular weight is 210 g/mol. The number of hydrogen-bond donors (Lipinski definition) is 2. The minimum Gasteiger partial charge on any atom is -0.368 e. The molecule has 0 aromatic rings. The van der Waals surface area contributed by atoms with E-state index in [2.05, 4.69) is 16.7 Å². The summed E-state index contributed by atoms with van der Waals surface area (Å²) < 4.78 is 5.31. The highest BCUT2D eigenvalue weighted by Crippen LogP contribution is 2.12. The molecular formula is C11H18N2O2. The molecule has 0 aliphatic carbocycles. The highest BCUT2D eigenvalue weighted by Gasteiger charge is 2.23. The van der Waals surface area contributed by atoms with Gasteiger partial charge in [0.05, 0.1) is 0 Å². The van der Waals surface area contributed by atoms with Crippen LogP contribution < -0.4 is 10.6 Å². The van der Waals surface area contributed by atoms with Gasteiger partial charge in [0, 0.05) is 19.7 Å². The van der Waals surface area contributed by atoms with Gasteiger partial charge in [-0.25, -0.2) is 0 Å². The largest absolute Gasteiger partial charge is 0.368 e. The van der Waals surface area contributed by atoms with Gasteiger partial charge in [-0.3, -0.25) is 4.79 Å². The van der Waals surface area contributed by atoms with Gasteiger partial charge in [0.25, 0.3) is 0 Å². The molecule has 0 unspecified atom stereocenters. The third kappa shape index (κ3) is 3.04. The molecule has 0 saturated carbocycles. The Balaban J connectivity index is 1.72. The lowest BCUT2D eigenvalue weighted by Gasteiger charge is -2.16. The van der Waals surface area contributed by atoms with Crippen molar-refractivity contribution in [3.8, 4) is 0 Å². The second kappa shape index (κ2) is 5.28. The van der Waals surface area contributed by atoms with E-state index in [0.29, 0.717) is 6.54 Å². The number of amides is 1. The highest BCUT2D eigenvalue weighted by molar-refractivity contribution is 5.81. The topological polar surface area (TPSA) is 50.4 Å². The van der Waals surface area contributed by atoms with Crippen molar-refractivity contribution >= 4 is 5.91 Å². The SMILES string of the molecule is O=C(NCC1=CCNCC1)[C@H]1CCCO1. The van der Waals surface area contributed by atoms with E-state index >= 15 is 0 Å². The first-order chi connectivity index (χ1) is 7.36. The molecule has 2 aliphatic heterocycles. The minimum atomic E-state index is -0.202. The first-order valence-corrected chi connectivity index (χ1v) is 5.64. The normalized spacial score (nSPS) is 26.1. The van der Waals surface area contributed by atoms with E-state index in [1.165, 1.54) is 5.57 Å². The summed E-state index contributed by atoms with van der Waals surface area (Å²) in [7, 11) is 0. The molecule has 1 fully saturated rings. The zero-order valence-corrected chi connectivity index (χ0v) is 8.92. The first-order valence-electron chi connectivity index (χ1n) is 5.64. The van der Waals surface area contributed by atoms with Crippen LogP contribution in [0.2, 0.25) is 0 Å². The molecule has 15 heavy (non-hydrogen) atoms. The molecule has 0 spiro atoms. The lowest BCUT2D eigenvalue weighted by Crippen LogP contribution is -2.36. The molecule has 2 aliphatic rings. The second-order valence-corrected chi connectivity index (χ2v) is 4.04. The summed E-state index contributed by atoms with van der Waals surface area (Å²) in [6, 6.07) is 0. The number of carbonyl (C=O) groups excluding carboxylic acids is 1. The van der Waals surface area contributed by atoms with E-state index in [4.69, 9.17) is 4.74 Å². The maximum atomic E-state index is 11.6. The van der Waals surface area contributed by atoms with Crippen molar-refractivity contribution in [1.29, 1.82) is 0 Å². The number of nitrogens with one attached hydrogen (secondary N) is 2. The van der Waals surface area contributed by atoms with Gasteiger partial charge in [-0.15, -0.1) is 0 Å². The minimum absolute atomic E-state index is 0.0481. The molecule has 0 bridgehead atoms. The summed E-state index contributed by atoms with van der Waals surface area (Å²) >= 11 is 0. The molecule has 2 rings (SSSR count). The third-order valence-corrected chi connectivity index (χ3v) is 2.87. The molecule has 2 heterocycles. The zero-order chi connectivity index (χ0) is 10.5. The molecule has 1 saturated heterocycles. The molecule has 4 nitrogen and oxygen atoms in total. The fourth-order valence-corrected chi connectivity index (χ4v) is 1.93. The van der Waals surface area contributed by atoms with Crippen LogP contribution in [0.3, 0.4) is 0 Å². The predicted molar refractivity (Wildman–Crippen MR) is 57.6 cm³/mol. The molecule has 0 aromatic carbocycles. The fourth-order valence-electron chi connectivity index (χ4n) is 1.93. The molecule has 2 N–H and O–H groups in total. The quantitative estimate of drug-likeness (QED) is 0.654. The van der Waals surface area contributed by atoms with Crippen molar-refractivity contribution in [2.75, 3.05) is 26.2 Å². The van der Waals surface area contributed by atoms with Gasteiger partial charge in [-0.1, -0.05) is 11.6 Å². The van der Waals surface area contributed by atoms with E-state index in [-0.39, 0.29) is 12.0 Å². The van der Waals surface area contributed by atoms with Gasteiger partial charge in [0.2, 0.25) is 5.91 Å². The van der Waals surface area contributed by atoms with Gasteiger partial charge in [0.15, 0.2) is 0 Å². The van der Waals surface area contributed by atoms with Gasteiger partial charge >= 0.3 is 0 Å². The molecule has 0 radical (unpaired) electrons. The number of rotatable bonds is 3. The summed E-state index contributed by atoms with van der Waals surface area (Å²) in [6.07, 6.45) is 4.86. The Bertz CT molecular complexity index is 257. The Hall–Kier alpha value is -0.870. The van der Waals surface area contributed by atoms with Crippen LogP contribution in [0.15, 0.2) is 11.6 Å². The highest BCUT2D eigenvalue weighted by atomic mass is 16.5. The van der Waals surface area contributed by atoms with Crippen LogP contribution in [0.5, 0.6) is 0 Å². The molecule has 0 aromatic heterocycles. The number of ether oxygens (including phenoxy) is 1. The van der Waals surface area contributed by atoms with Crippen LogP contribution in [0.25, 0.3) is 0 Å². The monoisotopic (exact) mass is 210 g/mol. The van der Waals surface area contributed by atoms with Crippen LogP contribution in [0.1, 0.15) is 19.3 Å². The smallest absolute Gasteiger partial charge is 0.249 e. The lowest BCUT2D eigenvalue weighted by molar-refractivity contribution is -0.129. The Morgan fingerprint density at radius 3 is 3.27 bits per heavy atom. The summed E-state index contributed by atoms with van der Waals surface area (Å²) in [5, 5.41) is 6.18. The van der Waals surface area contributed by atoms with E-state index in [9.17, 15) is 4.79 Å². The van der Waals surface area contributed by atoms with Crippen molar-refractivity contribution in [3.05, 3.63) is 11.6 Å². The molecule has 84 valence electrons. The third-order valence-electron chi connectivity index (χ3n) is 2.87. The van der Waals surface area contributed by atoms with Crippen LogP contribution in [0, 0.1) is 0 Å². The Kier molecular flexibility index (Phi) is 3.75. The van der Waals surface area contributed by atoms with Crippen molar-refractivity contribution in [2.24, 2.45) is 0 Å². The predicted octanol–water partition coefficient (Wildman–Crippen LogP) is 0.201. The van der Waals surface area contributed by atoms with Crippen LogP contribution in [0.4, 0.5) is 0 Å². The van der Waals surface area contributed by atoms with Crippen LogP contribution >= 0.6 is 0 Å². The number of hydrogen-bond acceptors (Lipinski definition) is 3. The summed E-state index contributed by atoms with van der Waals surface area (Å²) in [5.74, 6) is 0.0481. The summed E-state index contributed by atoms with van der Waals surface area (Å²) in [6.45, 7) is 3.35. The van der Waals surface area contributed by atoms with E-state index < -0.39 is 0 Å². The maximum absolute atomic E-state index is 11.6. The van der Waals surface area contributed by atoms with Crippen molar-refractivity contribution in [1.82, 2.24) is 10.6 Å². The fraction of sp³-hybridized carbons (Fsp3) is 0.727.